The fourth-order valence-electron chi connectivity index (χ4n) is 3.48. The molecule has 1 atom stereocenters. The Balaban J connectivity index is 1.83. The molecule has 1 saturated carbocycles. The number of anilines is 1. The summed E-state index contributed by atoms with van der Waals surface area (Å²) in [5.41, 5.74) is 0.602. The number of quaternary nitrogens is 1. The van der Waals surface area contributed by atoms with E-state index in [1.807, 2.05) is 31.0 Å². The van der Waals surface area contributed by atoms with Crippen LogP contribution in [0.4, 0.5) is 5.69 Å². The van der Waals surface area contributed by atoms with Crippen LogP contribution in [0.15, 0.2) is 24.3 Å². The van der Waals surface area contributed by atoms with E-state index >= 15 is 0 Å². The first-order valence-corrected chi connectivity index (χ1v) is 9.54. The van der Waals surface area contributed by atoms with Crippen molar-refractivity contribution < 1.29 is 14.5 Å². The van der Waals surface area contributed by atoms with E-state index in [1.165, 1.54) is 19.3 Å². The minimum Gasteiger partial charge on any atom is -0.335 e. The second-order valence-electron chi connectivity index (χ2n) is 6.81. The highest BCUT2D eigenvalue weighted by Gasteiger charge is 2.26. The summed E-state index contributed by atoms with van der Waals surface area (Å²) in [7, 11) is 1.87. The monoisotopic (exact) mass is 366 g/mol. The molecule has 6 heteroatoms. The van der Waals surface area contributed by atoms with Crippen molar-refractivity contribution >= 4 is 29.1 Å². The van der Waals surface area contributed by atoms with Gasteiger partial charge in [-0.25, -0.2) is 0 Å². The third kappa shape index (κ3) is 6.01. The summed E-state index contributed by atoms with van der Waals surface area (Å²) < 4.78 is 0. The predicted molar refractivity (Wildman–Crippen MR) is 101 cm³/mol. The fourth-order valence-corrected chi connectivity index (χ4v) is 3.67. The van der Waals surface area contributed by atoms with Crippen LogP contribution in [0.25, 0.3) is 0 Å². The van der Waals surface area contributed by atoms with Crippen molar-refractivity contribution in [3.8, 4) is 0 Å². The normalized spacial score (nSPS) is 16.3. The average molecular weight is 367 g/mol. The zero-order valence-electron chi connectivity index (χ0n) is 15.2. The van der Waals surface area contributed by atoms with Crippen molar-refractivity contribution in [3.63, 3.8) is 0 Å². The standard InChI is InChI=1S/C19H28ClN3O2/c1-3-23(15-9-5-4-6-10-15)19(25)14-22(2)13-18(24)21-17-12-8-7-11-16(17)20/h7-8,11-12,15H,3-6,9-10,13-14H2,1-2H3,(H,21,24)/p+1. The number of hydrogen-bond acceptors (Lipinski definition) is 2. The van der Waals surface area contributed by atoms with E-state index in [-0.39, 0.29) is 18.4 Å². The number of benzene rings is 1. The maximum absolute atomic E-state index is 12.6. The number of nitrogens with one attached hydrogen (secondary N) is 2. The minimum absolute atomic E-state index is 0.137. The molecule has 0 bridgehead atoms. The Morgan fingerprint density at radius 2 is 1.88 bits per heavy atom. The Bertz CT molecular complexity index is 588. The number of amides is 2. The summed E-state index contributed by atoms with van der Waals surface area (Å²) >= 11 is 6.05. The second-order valence-corrected chi connectivity index (χ2v) is 7.22. The molecule has 1 aromatic carbocycles. The summed E-state index contributed by atoms with van der Waals surface area (Å²) in [6.07, 6.45) is 5.89. The highest BCUT2D eigenvalue weighted by atomic mass is 35.5. The molecule has 2 amide bonds. The number of hydrogen-bond donors (Lipinski definition) is 2. The molecule has 1 fully saturated rings. The van der Waals surface area contributed by atoms with Crippen molar-refractivity contribution in [2.24, 2.45) is 0 Å². The van der Waals surface area contributed by atoms with E-state index in [9.17, 15) is 9.59 Å². The summed E-state index contributed by atoms with van der Waals surface area (Å²) in [6.45, 7) is 3.34. The Labute approximate surface area is 155 Å². The van der Waals surface area contributed by atoms with Crippen LogP contribution in [0.5, 0.6) is 0 Å². The molecule has 138 valence electrons. The van der Waals surface area contributed by atoms with Gasteiger partial charge in [-0.3, -0.25) is 9.59 Å². The molecule has 2 N–H and O–H groups in total. The van der Waals surface area contributed by atoms with Crippen LogP contribution < -0.4 is 10.2 Å². The summed E-state index contributed by atoms with van der Waals surface area (Å²) in [5.74, 6) is -0.00319. The quantitative estimate of drug-likeness (QED) is 0.775. The molecule has 1 aromatic rings. The third-order valence-corrected chi connectivity index (χ3v) is 5.07. The van der Waals surface area contributed by atoms with Gasteiger partial charge in [0.25, 0.3) is 11.8 Å². The Morgan fingerprint density at radius 1 is 1.20 bits per heavy atom. The molecule has 1 aliphatic carbocycles. The van der Waals surface area contributed by atoms with Gasteiger partial charge in [-0.2, -0.15) is 0 Å². The zero-order valence-corrected chi connectivity index (χ0v) is 15.9. The molecule has 0 saturated heterocycles. The second kappa shape index (κ2) is 9.78. The number of halogens is 1. The van der Waals surface area contributed by atoms with E-state index in [4.69, 9.17) is 11.6 Å². The van der Waals surface area contributed by atoms with Crippen LogP contribution in [0, 0.1) is 0 Å². The van der Waals surface area contributed by atoms with Gasteiger partial charge in [0.15, 0.2) is 13.1 Å². The molecular weight excluding hydrogens is 338 g/mol. The highest BCUT2D eigenvalue weighted by molar-refractivity contribution is 6.33. The minimum atomic E-state index is -0.140. The SMILES string of the molecule is CCN(C(=O)C[NH+](C)CC(=O)Nc1ccccc1Cl)C1CCCCC1. The summed E-state index contributed by atoms with van der Waals surface area (Å²) in [5, 5.41) is 3.32. The van der Waals surface area contributed by atoms with Gasteiger partial charge in [0, 0.05) is 12.6 Å². The van der Waals surface area contributed by atoms with E-state index in [2.05, 4.69) is 5.32 Å². The fraction of sp³-hybridized carbons (Fsp3) is 0.579. The highest BCUT2D eigenvalue weighted by Crippen LogP contribution is 2.22. The van der Waals surface area contributed by atoms with Gasteiger partial charge in [0.05, 0.1) is 17.8 Å². The third-order valence-electron chi connectivity index (χ3n) is 4.74. The number of para-hydroxylation sites is 1. The maximum Gasteiger partial charge on any atom is 0.279 e. The lowest BCUT2D eigenvalue weighted by atomic mass is 9.94. The molecule has 1 unspecified atom stereocenters. The summed E-state index contributed by atoms with van der Waals surface area (Å²) in [4.78, 5) is 27.7. The Kier molecular flexibility index (Phi) is 7.72. The zero-order chi connectivity index (χ0) is 18.2. The summed E-state index contributed by atoms with van der Waals surface area (Å²) in [6, 6.07) is 7.52. The van der Waals surface area contributed by atoms with Gasteiger partial charge in [0.1, 0.15) is 0 Å². The van der Waals surface area contributed by atoms with Crippen LogP contribution >= 0.6 is 11.6 Å². The van der Waals surface area contributed by atoms with E-state index in [1.54, 1.807) is 12.1 Å². The molecule has 25 heavy (non-hydrogen) atoms. The first-order valence-electron chi connectivity index (χ1n) is 9.16. The van der Waals surface area contributed by atoms with E-state index in [0.717, 1.165) is 24.3 Å². The number of nitrogens with zero attached hydrogens (tertiary/aromatic N) is 1. The van der Waals surface area contributed by atoms with Crippen LogP contribution in [0.3, 0.4) is 0 Å². The number of likely N-dealkylation sites (N-methyl/N-ethyl adjacent to an activating group) is 2. The van der Waals surface area contributed by atoms with Crippen LogP contribution in [0.1, 0.15) is 39.0 Å². The van der Waals surface area contributed by atoms with Crippen LogP contribution in [-0.2, 0) is 9.59 Å². The van der Waals surface area contributed by atoms with Gasteiger partial charge in [-0.15, -0.1) is 0 Å². The molecular formula is C19H29ClN3O2+. The number of rotatable bonds is 7. The molecule has 1 aliphatic rings. The largest absolute Gasteiger partial charge is 0.335 e. The molecule has 0 aromatic heterocycles. The first-order chi connectivity index (χ1) is 12.0. The molecule has 0 radical (unpaired) electrons. The van der Waals surface area contributed by atoms with Crippen molar-refractivity contribution in [1.29, 1.82) is 0 Å². The van der Waals surface area contributed by atoms with E-state index in [0.29, 0.717) is 23.3 Å². The van der Waals surface area contributed by atoms with Gasteiger partial charge in [0.2, 0.25) is 0 Å². The smallest absolute Gasteiger partial charge is 0.279 e. The predicted octanol–water partition coefficient (Wildman–Crippen LogP) is 1.97. The van der Waals surface area contributed by atoms with Crippen LogP contribution in [-0.4, -0.2) is 49.4 Å². The van der Waals surface area contributed by atoms with Crippen molar-refractivity contribution in [1.82, 2.24) is 4.90 Å². The van der Waals surface area contributed by atoms with Gasteiger partial charge < -0.3 is 15.1 Å². The Morgan fingerprint density at radius 3 is 2.52 bits per heavy atom. The maximum atomic E-state index is 12.6. The van der Waals surface area contributed by atoms with E-state index < -0.39 is 0 Å². The molecule has 2 rings (SSSR count). The van der Waals surface area contributed by atoms with Crippen molar-refractivity contribution in [2.75, 3.05) is 32.0 Å². The van der Waals surface area contributed by atoms with Gasteiger partial charge in [-0.05, 0) is 31.9 Å². The molecule has 0 spiro atoms. The molecule has 0 heterocycles. The Hall–Kier alpha value is -1.59. The van der Waals surface area contributed by atoms with Crippen molar-refractivity contribution in [3.05, 3.63) is 29.3 Å². The van der Waals surface area contributed by atoms with Crippen LogP contribution in [0.2, 0.25) is 5.02 Å². The number of carbonyl (C=O) groups is 2. The molecule has 0 aliphatic heterocycles. The number of carbonyl (C=O) groups excluding carboxylic acids is 2. The van der Waals surface area contributed by atoms with Crippen molar-refractivity contribution in [2.45, 2.75) is 45.1 Å². The lowest BCUT2D eigenvalue weighted by Gasteiger charge is -2.33. The average Bonchev–Trinajstić information content (AvgIpc) is 2.58. The lowest BCUT2D eigenvalue weighted by molar-refractivity contribution is -0.862. The van der Waals surface area contributed by atoms with Gasteiger partial charge in [-0.1, -0.05) is 43.0 Å². The first kappa shape index (κ1) is 19.7. The lowest BCUT2D eigenvalue weighted by Crippen LogP contribution is -3.11. The van der Waals surface area contributed by atoms with Gasteiger partial charge >= 0.3 is 0 Å². The topological polar surface area (TPSA) is 53.9 Å². The molecule has 5 nitrogen and oxygen atoms in total.